The Morgan fingerprint density at radius 2 is 1.83 bits per heavy atom. The Labute approximate surface area is 142 Å². The summed E-state index contributed by atoms with van der Waals surface area (Å²) < 4.78 is 22.4. The number of ether oxygens (including phenoxy) is 3. The van der Waals surface area contributed by atoms with Crippen LogP contribution in [0.2, 0.25) is 0 Å². The standard InChI is InChI=1S/C18H24N2O4/c1-13-6-5-7-14(10-13)22-11-17-19-20-18(24-17)12-23-16-9-4-3-8-15(16)21-2/h3-4,8-9,13-14H,5-7,10-12H2,1-2H3/t13-,14+/m1/s1. The minimum Gasteiger partial charge on any atom is -0.493 e. The summed E-state index contributed by atoms with van der Waals surface area (Å²) in [5.41, 5.74) is 0. The second kappa shape index (κ2) is 8.15. The smallest absolute Gasteiger partial charge is 0.253 e. The highest BCUT2D eigenvalue weighted by atomic mass is 16.5. The molecule has 130 valence electrons. The van der Waals surface area contributed by atoms with E-state index in [0.717, 1.165) is 18.8 Å². The Kier molecular flexibility index (Phi) is 5.69. The number of benzene rings is 1. The molecule has 24 heavy (non-hydrogen) atoms. The van der Waals surface area contributed by atoms with Crippen molar-refractivity contribution in [1.82, 2.24) is 10.2 Å². The fraction of sp³-hybridized carbons (Fsp3) is 0.556. The van der Waals surface area contributed by atoms with E-state index in [4.69, 9.17) is 18.6 Å². The molecule has 1 aliphatic carbocycles. The zero-order chi connectivity index (χ0) is 16.8. The second-order valence-electron chi connectivity index (χ2n) is 6.23. The predicted molar refractivity (Wildman–Crippen MR) is 87.8 cm³/mol. The molecular weight excluding hydrogens is 308 g/mol. The Morgan fingerprint density at radius 1 is 1.08 bits per heavy atom. The quantitative estimate of drug-likeness (QED) is 0.769. The van der Waals surface area contributed by atoms with Crippen molar-refractivity contribution in [1.29, 1.82) is 0 Å². The predicted octanol–water partition coefficient (Wildman–Crippen LogP) is 3.75. The van der Waals surface area contributed by atoms with Crippen LogP contribution in [-0.4, -0.2) is 23.4 Å². The first-order valence-electron chi connectivity index (χ1n) is 8.43. The van der Waals surface area contributed by atoms with Crippen molar-refractivity contribution in [2.45, 2.75) is 51.9 Å². The Bertz CT molecular complexity index is 643. The van der Waals surface area contributed by atoms with E-state index in [2.05, 4.69) is 17.1 Å². The van der Waals surface area contributed by atoms with Gasteiger partial charge in [-0.2, -0.15) is 0 Å². The Morgan fingerprint density at radius 3 is 2.58 bits per heavy atom. The molecule has 2 aromatic rings. The van der Waals surface area contributed by atoms with Crippen molar-refractivity contribution in [3.8, 4) is 11.5 Å². The average Bonchev–Trinajstić information content (AvgIpc) is 3.06. The molecule has 0 radical (unpaired) electrons. The van der Waals surface area contributed by atoms with Gasteiger partial charge in [0.2, 0.25) is 5.89 Å². The van der Waals surface area contributed by atoms with Crippen LogP contribution in [0.15, 0.2) is 28.7 Å². The van der Waals surface area contributed by atoms with Crippen molar-refractivity contribution < 1.29 is 18.6 Å². The lowest BCUT2D eigenvalue weighted by Gasteiger charge is -2.26. The first-order valence-corrected chi connectivity index (χ1v) is 8.43. The van der Waals surface area contributed by atoms with Gasteiger partial charge in [-0.25, -0.2) is 0 Å². The minimum absolute atomic E-state index is 0.202. The van der Waals surface area contributed by atoms with Crippen molar-refractivity contribution in [2.75, 3.05) is 7.11 Å². The van der Waals surface area contributed by atoms with E-state index in [0.29, 0.717) is 36.0 Å². The van der Waals surface area contributed by atoms with Crippen LogP contribution in [-0.2, 0) is 18.0 Å². The maximum absolute atomic E-state index is 5.89. The summed E-state index contributed by atoms with van der Waals surface area (Å²) in [6.45, 7) is 2.84. The minimum atomic E-state index is 0.202. The molecule has 3 rings (SSSR count). The van der Waals surface area contributed by atoms with Crippen LogP contribution >= 0.6 is 0 Å². The van der Waals surface area contributed by atoms with Gasteiger partial charge in [-0.05, 0) is 30.9 Å². The number of methoxy groups -OCH3 is 1. The molecule has 1 fully saturated rings. The number of rotatable bonds is 7. The Hall–Kier alpha value is -2.08. The first-order chi connectivity index (χ1) is 11.7. The van der Waals surface area contributed by atoms with E-state index in [1.165, 1.54) is 12.8 Å². The molecule has 6 heteroatoms. The molecule has 2 atom stereocenters. The maximum Gasteiger partial charge on any atom is 0.253 e. The fourth-order valence-electron chi connectivity index (χ4n) is 3.00. The first kappa shape index (κ1) is 16.8. The summed E-state index contributed by atoms with van der Waals surface area (Å²) >= 11 is 0. The molecule has 0 bridgehead atoms. The highest BCUT2D eigenvalue weighted by Crippen LogP contribution is 2.27. The van der Waals surface area contributed by atoms with E-state index in [-0.39, 0.29) is 6.61 Å². The molecule has 0 amide bonds. The van der Waals surface area contributed by atoms with Gasteiger partial charge in [0, 0.05) is 0 Å². The average molecular weight is 332 g/mol. The lowest BCUT2D eigenvalue weighted by atomic mass is 9.89. The summed E-state index contributed by atoms with van der Waals surface area (Å²) in [7, 11) is 1.61. The lowest BCUT2D eigenvalue weighted by molar-refractivity contribution is -0.00519. The number of hydrogen-bond acceptors (Lipinski definition) is 6. The van der Waals surface area contributed by atoms with Gasteiger partial charge in [-0.15, -0.1) is 10.2 Å². The molecule has 1 aliphatic rings. The molecule has 0 spiro atoms. The molecule has 6 nitrogen and oxygen atoms in total. The van der Waals surface area contributed by atoms with Crippen molar-refractivity contribution in [3.05, 3.63) is 36.0 Å². The molecule has 1 saturated carbocycles. The van der Waals surface area contributed by atoms with Gasteiger partial charge < -0.3 is 18.6 Å². The third-order valence-corrected chi connectivity index (χ3v) is 4.26. The molecular formula is C18H24N2O4. The molecule has 1 aromatic carbocycles. The summed E-state index contributed by atoms with van der Waals surface area (Å²) in [5.74, 6) is 2.97. The molecule has 1 aromatic heterocycles. The molecule has 0 aliphatic heterocycles. The molecule has 1 heterocycles. The summed E-state index contributed by atoms with van der Waals surface area (Å²) in [6, 6.07) is 7.45. The third-order valence-electron chi connectivity index (χ3n) is 4.26. The van der Waals surface area contributed by atoms with Gasteiger partial charge in [-0.3, -0.25) is 0 Å². The number of aromatic nitrogens is 2. The molecule has 0 N–H and O–H groups in total. The van der Waals surface area contributed by atoms with E-state index >= 15 is 0 Å². The Balaban J connectivity index is 1.48. The van der Waals surface area contributed by atoms with Gasteiger partial charge in [0.25, 0.3) is 5.89 Å². The monoisotopic (exact) mass is 332 g/mol. The number of para-hydroxylation sites is 2. The summed E-state index contributed by atoms with van der Waals surface area (Å²) in [4.78, 5) is 0. The summed E-state index contributed by atoms with van der Waals surface area (Å²) in [6.07, 6.45) is 5.05. The van der Waals surface area contributed by atoms with Crippen LogP contribution in [0.1, 0.15) is 44.4 Å². The van der Waals surface area contributed by atoms with Gasteiger partial charge in [-0.1, -0.05) is 31.9 Å². The highest BCUT2D eigenvalue weighted by Gasteiger charge is 2.20. The molecule has 0 unspecified atom stereocenters. The van der Waals surface area contributed by atoms with Crippen LogP contribution in [0.4, 0.5) is 0 Å². The fourth-order valence-corrected chi connectivity index (χ4v) is 3.00. The van der Waals surface area contributed by atoms with Crippen molar-refractivity contribution >= 4 is 0 Å². The second-order valence-corrected chi connectivity index (χ2v) is 6.23. The summed E-state index contributed by atoms with van der Waals surface area (Å²) in [5, 5.41) is 8.02. The van der Waals surface area contributed by atoms with Crippen molar-refractivity contribution in [2.24, 2.45) is 5.92 Å². The van der Waals surface area contributed by atoms with E-state index in [9.17, 15) is 0 Å². The normalized spacial score (nSPS) is 20.8. The van der Waals surface area contributed by atoms with Crippen LogP contribution in [0.3, 0.4) is 0 Å². The zero-order valence-corrected chi connectivity index (χ0v) is 14.2. The lowest BCUT2D eigenvalue weighted by Crippen LogP contribution is -2.21. The number of hydrogen-bond donors (Lipinski definition) is 0. The topological polar surface area (TPSA) is 66.6 Å². The van der Waals surface area contributed by atoms with E-state index < -0.39 is 0 Å². The largest absolute Gasteiger partial charge is 0.493 e. The SMILES string of the molecule is COc1ccccc1OCc1nnc(CO[C@H]2CCC[C@@H](C)C2)o1. The van der Waals surface area contributed by atoms with Crippen LogP contribution in [0.25, 0.3) is 0 Å². The van der Waals surface area contributed by atoms with Crippen LogP contribution < -0.4 is 9.47 Å². The van der Waals surface area contributed by atoms with Gasteiger partial charge >= 0.3 is 0 Å². The van der Waals surface area contributed by atoms with Crippen LogP contribution in [0.5, 0.6) is 11.5 Å². The van der Waals surface area contributed by atoms with Gasteiger partial charge in [0.1, 0.15) is 6.61 Å². The van der Waals surface area contributed by atoms with Crippen LogP contribution in [0, 0.1) is 5.92 Å². The molecule has 0 saturated heterocycles. The van der Waals surface area contributed by atoms with Gasteiger partial charge in [0.15, 0.2) is 18.1 Å². The highest BCUT2D eigenvalue weighted by molar-refractivity contribution is 5.39. The van der Waals surface area contributed by atoms with E-state index in [1.807, 2.05) is 24.3 Å². The maximum atomic E-state index is 5.89. The van der Waals surface area contributed by atoms with Gasteiger partial charge in [0.05, 0.1) is 13.2 Å². The van der Waals surface area contributed by atoms with Crippen molar-refractivity contribution in [3.63, 3.8) is 0 Å². The number of nitrogens with zero attached hydrogens (tertiary/aromatic N) is 2. The third kappa shape index (κ3) is 4.47. The zero-order valence-electron chi connectivity index (χ0n) is 14.2. The van der Waals surface area contributed by atoms with E-state index in [1.54, 1.807) is 7.11 Å².